The van der Waals surface area contributed by atoms with Crippen LogP contribution in [0, 0.1) is 0 Å². The van der Waals surface area contributed by atoms with Crippen molar-refractivity contribution in [2.45, 2.75) is 0 Å². The minimum Gasteiger partial charge on any atom is -0.310 e. The molecule has 0 amide bonds. The summed E-state index contributed by atoms with van der Waals surface area (Å²) in [6.07, 6.45) is 0. The quantitative estimate of drug-likeness (QED) is 0.159. The highest BCUT2D eigenvalue weighted by Gasteiger charge is 2.24. The van der Waals surface area contributed by atoms with Crippen molar-refractivity contribution in [1.29, 1.82) is 0 Å². The summed E-state index contributed by atoms with van der Waals surface area (Å²) in [5, 5.41) is 7.67. The molecule has 0 bridgehead atoms. The molecule has 0 radical (unpaired) electrons. The van der Waals surface area contributed by atoms with E-state index in [4.69, 9.17) is 0 Å². The lowest BCUT2D eigenvalue weighted by Gasteiger charge is -2.27. The number of hydrogen-bond donors (Lipinski definition) is 0. The van der Waals surface area contributed by atoms with Crippen molar-refractivity contribution in [2.75, 3.05) is 4.90 Å². The average molecular weight is 756 g/mol. The Bertz CT molecular complexity index is 3720. The second-order valence-electron chi connectivity index (χ2n) is 15.3. The van der Waals surface area contributed by atoms with Crippen LogP contribution in [0.15, 0.2) is 200 Å². The molecule has 270 valence electrons. The van der Waals surface area contributed by atoms with E-state index in [0.717, 1.165) is 11.4 Å². The SMILES string of the molecule is c1ccc(-c2ccc(-c3ccc(N(c4ccc5c(c4)n4c6ccccc6c6ccc7c8ccccc8n5c7c64)c4cccc5sc6ccccc6c45)cc3)cc2)cc1. The summed E-state index contributed by atoms with van der Waals surface area (Å²) >= 11 is 1.86. The number of para-hydroxylation sites is 2. The van der Waals surface area contributed by atoms with Crippen molar-refractivity contribution in [3.8, 4) is 22.3 Å². The third kappa shape index (κ3) is 4.43. The van der Waals surface area contributed by atoms with E-state index in [1.807, 2.05) is 11.3 Å². The smallest absolute Gasteiger partial charge is 0.0789 e. The third-order valence-electron chi connectivity index (χ3n) is 12.2. The number of fused-ring (bicyclic) bond motifs is 12. The highest BCUT2D eigenvalue weighted by molar-refractivity contribution is 7.26. The van der Waals surface area contributed by atoms with Gasteiger partial charge in [-0.05, 0) is 82.9 Å². The van der Waals surface area contributed by atoms with Crippen LogP contribution in [-0.4, -0.2) is 8.80 Å². The molecule has 4 heterocycles. The van der Waals surface area contributed by atoms with E-state index in [2.05, 4.69) is 214 Å². The standard InChI is InChI=1S/C54H33N3S/c1-2-11-34(12-3-1)35-21-23-36(24-22-35)37-25-27-38(28-26-37)55(48-18-10-20-51-52(48)44-15-6-9-19-50(44)58-51)39-29-32-47-49(33-39)57-46-17-8-5-14-41(46)43-31-30-42-40-13-4-7-16-45(40)56(47)53(42)54(43)57/h1-33H. The number of rotatable bonds is 5. The highest BCUT2D eigenvalue weighted by Crippen LogP contribution is 2.47. The number of aromatic nitrogens is 2. The molecule has 0 saturated carbocycles. The summed E-state index contributed by atoms with van der Waals surface area (Å²) in [5.74, 6) is 0. The van der Waals surface area contributed by atoms with Gasteiger partial charge in [-0.15, -0.1) is 11.3 Å². The molecular formula is C54H33N3S. The molecule has 0 fully saturated rings. The average Bonchev–Trinajstić information content (AvgIpc) is 3.96. The lowest BCUT2D eigenvalue weighted by atomic mass is 10.00. The maximum absolute atomic E-state index is 2.52. The van der Waals surface area contributed by atoms with Crippen molar-refractivity contribution < 1.29 is 0 Å². The normalized spacial score (nSPS) is 12.1. The molecule has 0 spiro atoms. The molecule has 4 heteroatoms. The largest absolute Gasteiger partial charge is 0.310 e. The third-order valence-corrected chi connectivity index (χ3v) is 13.4. The van der Waals surface area contributed by atoms with Crippen molar-refractivity contribution in [2.24, 2.45) is 0 Å². The van der Waals surface area contributed by atoms with E-state index in [0.29, 0.717) is 0 Å². The first-order valence-corrected chi connectivity index (χ1v) is 20.7. The Balaban J connectivity index is 1.07. The maximum Gasteiger partial charge on any atom is 0.0789 e. The number of hydrogen-bond acceptors (Lipinski definition) is 2. The van der Waals surface area contributed by atoms with Crippen molar-refractivity contribution in [3.63, 3.8) is 0 Å². The summed E-state index contributed by atoms with van der Waals surface area (Å²) in [6, 6.07) is 73.7. The fraction of sp³-hybridized carbons (Fsp3) is 0. The minimum atomic E-state index is 1.11. The van der Waals surface area contributed by atoms with Crippen LogP contribution in [-0.2, 0) is 0 Å². The van der Waals surface area contributed by atoms with E-state index >= 15 is 0 Å². The molecule has 9 aromatic carbocycles. The second kappa shape index (κ2) is 12.1. The minimum absolute atomic E-state index is 1.11. The summed E-state index contributed by atoms with van der Waals surface area (Å²) in [5.41, 5.74) is 15.6. The molecule has 58 heavy (non-hydrogen) atoms. The molecule has 0 atom stereocenters. The zero-order valence-electron chi connectivity index (χ0n) is 31.3. The Morgan fingerprint density at radius 3 is 1.52 bits per heavy atom. The van der Waals surface area contributed by atoms with Crippen molar-refractivity contribution in [3.05, 3.63) is 200 Å². The molecule has 4 aromatic heterocycles. The molecule has 0 aliphatic rings. The van der Waals surface area contributed by atoms with Gasteiger partial charge in [0.15, 0.2) is 0 Å². The Labute approximate surface area is 337 Å². The van der Waals surface area contributed by atoms with E-state index < -0.39 is 0 Å². The van der Waals surface area contributed by atoms with E-state index in [9.17, 15) is 0 Å². The molecule has 13 aromatic rings. The molecule has 0 aliphatic heterocycles. The first-order valence-electron chi connectivity index (χ1n) is 19.8. The lowest BCUT2D eigenvalue weighted by molar-refractivity contribution is 1.24. The van der Waals surface area contributed by atoms with Gasteiger partial charge in [0.05, 0.1) is 38.8 Å². The predicted molar refractivity (Wildman–Crippen MR) is 248 cm³/mol. The molecule has 0 aliphatic carbocycles. The highest BCUT2D eigenvalue weighted by atomic mass is 32.1. The van der Waals surface area contributed by atoms with Gasteiger partial charge >= 0.3 is 0 Å². The van der Waals surface area contributed by atoms with Gasteiger partial charge in [-0.3, -0.25) is 0 Å². The molecule has 0 unspecified atom stereocenters. The fourth-order valence-electron chi connectivity index (χ4n) is 9.68. The van der Waals surface area contributed by atoms with Crippen LogP contribution < -0.4 is 4.90 Å². The van der Waals surface area contributed by atoms with Crippen molar-refractivity contribution in [1.82, 2.24) is 8.80 Å². The fourth-order valence-corrected chi connectivity index (χ4v) is 10.8. The lowest BCUT2D eigenvalue weighted by Crippen LogP contribution is -2.11. The number of nitrogens with zero attached hydrogens (tertiary/aromatic N) is 3. The van der Waals surface area contributed by atoms with Crippen LogP contribution >= 0.6 is 11.3 Å². The van der Waals surface area contributed by atoms with Gasteiger partial charge in [-0.1, -0.05) is 140 Å². The Kier molecular flexibility index (Phi) is 6.60. The second-order valence-corrected chi connectivity index (χ2v) is 16.4. The van der Waals surface area contributed by atoms with Crippen LogP contribution in [0.3, 0.4) is 0 Å². The Morgan fingerprint density at radius 1 is 0.328 bits per heavy atom. The topological polar surface area (TPSA) is 12.1 Å². The number of benzene rings is 9. The van der Waals surface area contributed by atoms with Gasteiger partial charge in [0.1, 0.15) is 0 Å². The summed E-state index contributed by atoms with van der Waals surface area (Å²) in [6.45, 7) is 0. The maximum atomic E-state index is 2.52. The van der Waals surface area contributed by atoms with Crippen LogP contribution in [0.1, 0.15) is 0 Å². The van der Waals surface area contributed by atoms with Crippen molar-refractivity contribution >= 4 is 103 Å². The van der Waals surface area contributed by atoms with Crippen LogP contribution in [0.4, 0.5) is 17.1 Å². The van der Waals surface area contributed by atoms with Gasteiger partial charge < -0.3 is 13.7 Å². The van der Waals surface area contributed by atoms with Gasteiger partial charge in [0.2, 0.25) is 0 Å². The number of thiophene rings is 1. The first kappa shape index (κ1) is 31.8. The van der Waals surface area contributed by atoms with Crippen LogP contribution in [0.5, 0.6) is 0 Å². The molecule has 3 nitrogen and oxygen atoms in total. The first-order chi connectivity index (χ1) is 28.8. The van der Waals surface area contributed by atoms with Gasteiger partial charge in [0.25, 0.3) is 0 Å². The monoisotopic (exact) mass is 755 g/mol. The summed E-state index contributed by atoms with van der Waals surface area (Å²) in [4.78, 5) is 2.47. The number of anilines is 3. The van der Waals surface area contributed by atoms with Gasteiger partial charge in [-0.2, -0.15) is 0 Å². The molecule has 0 N–H and O–H groups in total. The van der Waals surface area contributed by atoms with Crippen LogP contribution in [0.2, 0.25) is 0 Å². The van der Waals surface area contributed by atoms with E-state index in [-0.39, 0.29) is 0 Å². The zero-order valence-corrected chi connectivity index (χ0v) is 32.1. The van der Waals surface area contributed by atoms with Gasteiger partial charge in [-0.25, -0.2) is 0 Å². The summed E-state index contributed by atoms with van der Waals surface area (Å²) < 4.78 is 7.60. The van der Waals surface area contributed by atoms with E-state index in [1.165, 1.54) is 103 Å². The van der Waals surface area contributed by atoms with Crippen LogP contribution in [0.25, 0.3) is 97.1 Å². The van der Waals surface area contributed by atoms with Gasteiger partial charge in [0, 0.05) is 53.1 Å². The molecular weight excluding hydrogens is 723 g/mol. The Hall–Kier alpha value is -7.40. The Morgan fingerprint density at radius 2 is 0.845 bits per heavy atom. The molecule has 13 rings (SSSR count). The summed E-state index contributed by atoms with van der Waals surface area (Å²) in [7, 11) is 0. The van der Waals surface area contributed by atoms with E-state index in [1.54, 1.807) is 0 Å². The zero-order chi connectivity index (χ0) is 37.9. The predicted octanol–water partition coefficient (Wildman–Crippen LogP) is 15.4. The molecule has 0 saturated heterocycles.